The van der Waals surface area contributed by atoms with Crippen molar-refractivity contribution >= 4 is 11.6 Å². The zero-order valence-corrected chi connectivity index (χ0v) is 11.7. The molecule has 19 heavy (non-hydrogen) atoms. The van der Waals surface area contributed by atoms with Gasteiger partial charge in [-0.1, -0.05) is 42.8 Å². The fourth-order valence-corrected chi connectivity index (χ4v) is 2.20. The zero-order chi connectivity index (χ0) is 13.7. The molecule has 0 amide bonds. The first-order valence-corrected chi connectivity index (χ1v) is 6.78. The maximum Gasteiger partial charge on any atom is 0.125 e. The Labute approximate surface area is 118 Å². The molecule has 0 aliphatic rings. The smallest absolute Gasteiger partial charge is 0.125 e. The molecule has 0 aromatic heterocycles. The summed E-state index contributed by atoms with van der Waals surface area (Å²) in [5, 5.41) is 3.72. The first-order chi connectivity index (χ1) is 9.17. The van der Waals surface area contributed by atoms with Gasteiger partial charge in [0.25, 0.3) is 0 Å². The van der Waals surface area contributed by atoms with E-state index in [0.717, 1.165) is 18.5 Å². The third-order valence-corrected chi connectivity index (χ3v) is 3.23. The van der Waals surface area contributed by atoms with Gasteiger partial charge in [-0.15, -0.1) is 0 Å². The van der Waals surface area contributed by atoms with Crippen LogP contribution in [0.3, 0.4) is 0 Å². The number of aryl methyl sites for hydroxylation is 1. The van der Waals surface area contributed by atoms with Crippen molar-refractivity contribution in [3.63, 3.8) is 0 Å². The maximum absolute atomic E-state index is 13.1. The summed E-state index contributed by atoms with van der Waals surface area (Å²) in [6, 6.07) is 13.1. The van der Waals surface area contributed by atoms with Crippen molar-refractivity contribution in [2.75, 3.05) is 0 Å². The standard InChI is InChI=1S/C16H17ClFN/c1-2-12-3-5-13(6-4-12)10-19-11-14-7-15(17)9-16(18)8-14/h3-9,19H,2,10-11H2,1H3. The second-order valence-corrected chi connectivity index (χ2v) is 4.99. The Kier molecular flexibility index (Phi) is 4.94. The average molecular weight is 278 g/mol. The number of nitrogens with one attached hydrogen (secondary N) is 1. The molecule has 0 bridgehead atoms. The highest BCUT2D eigenvalue weighted by Gasteiger charge is 1.99. The molecule has 0 radical (unpaired) electrons. The Morgan fingerprint density at radius 1 is 0.947 bits per heavy atom. The third kappa shape index (κ3) is 4.34. The van der Waals surface area contributed by atoms with E-state index in [-0.39, 0.29) is 5.82 Å². The Morgan fingerprint density at radius 3 is 2.21 bits per heavy atom. The van der Waals surface area contributed by atoms with Crippen molar-refractivity contribution < 1.29 is 4.39 Å². The molecular weight excluding hydrogens is 261 g/mol. The molecule has 3 heteroatoms. The normalized spacial score (nSPS) is 10.7. The van der Waals surface area contributed by atoms with E-state index < -0.39 is 0 Å². The molecule has 100 valence electrons. The van der Waals surface area contributed by atoms with Crippen LogP contribution in [-0.4, -0.2) is 0 Å². The lowest BCUT2D eigenvalue weighted by atomic mass is 10.1. The molecule has 1 nitrogen and oxygen atoms in total. The summed E-state index contributed by atoms with van der Waals surface area (Å²) in [6.45, 7) is 3.51. The van der Waals surface area contributed by atoms with Crippen LogP contribution < -0.4 is 5.32 Å². The summed E-state index contributed by atoms with van der Waals surface area (Å²) in [5.74, 6) is -0.295. The lowest BCUT2D eigenvalue weighted by Crippen LogP contribution is -2.12. The van der Waals surface area contributed by atoms with E-state index in [1.54, 1.807) is 6.07 Å². The molecule has 0 aliphatic carbocycles. The highest BCUT2D eigenvalue weighted by atomic mass is 35.5. The van der Waals surface area contributed by atoms with Crippen molar-refractivity contribution in [1.29, 1.82) is 0 Å². The Hall–Kier alpha value is -1.38. The van der Waals surface area contributed by atoms with Crippen LogP contribution in [-0.2, 0) is 19.5 Å². The molecule has 0 fully saturated rings. The van der Waals surface area contributed by atoms with Gasteiger partial charge in [-0.05, 0) is 41.3 Å². The molecule has 0 aliphatic heterocycles. The van der Waals surface area contributed by atoms with Crippen LogP contribution in [0.25, 0.3) is 0 Å². The largest absolute Gasteiger partial charge is 0.309 e. The fourth-order valence-electron chi connectivity index (χ4n) is 1.96. The molecule has 0 spiro atoms. The quantitative estimate of drug-likeness (QED) is 0.858. The predicted molar refractivity (Wildman–Crippen MR) is 77.8 cm³/mol. The van der Waals surface area contributed by atoms with Crippen LogP contribution in [0.1, 0.15) is 23.6 Å². The van der Waals surface area contributed by atoms with Crippen LogP contribution in [0.5, 0.6) is 0 Å². The summed E-state index contributed by atoms with van der Waals surface area (Å²) in [6.07, 6.45) is 1.05. The van der Waals surface area contributed by atoms with Gasteiger partial charge in [0.15, 0.2) is 0 Å². The van der Waals surface area contributed by atoms with Crippen molar-refractivity contribution in [3.05, 3.63) is 70.0 Å². The van der Waals surface area contributed by atoms with E-state index in [2.05, 4.69) is 36.5 Å². The van der Waals surface area contributed by atoms with Gasteiger partial charge in [0.1, 0.15) is 5.82 Å². The maximum atomic E-state index is 13.1. The minimum Gasteiger partial charge on any atom is -0.309 e. The number of hydrogen-bond donors (Lipinski definition) is 1. The van der Waals surface area contributed by atoms with Gasteiger partial charge in [-0.2, -0.15) is 0 Å². The van der Waals surface area contributed by atoms with Crippen molar-refractivity contribution in [3.8, 4) is 0 Å². The highest BCUT2D eigenvalue weighted by Crippen LogP contribution is 2.14. The van der Waals surface area contributed by atoms with Crippen LogP contribution in [0.15, 0.2) is 42.5 Å². The lowest BCUT2D eigenvalue weighted by molar-refractivity contribution is 0.620. The number of benzene rings is 2. The van der Waals surface area contributed by atoms with Crippen LogP contribution >= 0.6 is 11.6 Å². The first kappa shape index (κ1) is 14.0. The van der Waals surface area contributed by atoms with Crippen molar-refractivity contribution in [2.45, 2.75) is 26.4 Å². The fraction of sp³-hybridized carbons (Fsp3) is 0.250. The van der Waals surface area contributed by atoms with Crippen molar-refractivity contribution in [1.82, 2.24) is 5.32 Å². The molecule has 0 atom stereocenters. The molecule has 2 rings (SSSR count). The summed E-state index contributed by atoms with van der Waals surface area (Å²) in [4.78, 5) is 0. The van der Waals surface area contributed by atoms with E-state index in [9.17, 15) is 4.39 Å². The van der Waals surface area contributed by atoms with Gasteiger partial charge < -0.3 is 5.32 Å². The number of rotatable bonds is 5. The van der Waals surface area contributed by atoms with Gasteiger partial charge in [0, 0.05) is 18.1 Å². The van der Waals surface area contributed by atoms with E-state index >= 15 is 0 Å². The van der Waals surface area contributed by atoms with Gasteiger partial charge in [0.05, 0.1) is 0 Å². The Morgan fingerprint density at radius 2 is 1.58 bits per heavy atom. The first-order valence-electron chi connectivity index (χ1n) is 6.41. The number of hydrogen-bond acceptors (Lipinski definition) is 1. The molecule has 2 aromatic carbocycles. The SMILES string of the molecule is CCc1ccc(CNCc2cc(F)cc(Cl)c2)cc1. The minimum absolute atomic E-state index is 0.295. The number of halogens is 2. The summed E-state index contributed by atoms with van der Waals surface area (Å²) in [7, 11) is 0. The second-order valence-electron chi connectivity index (χ2n) is 4.55. The monoisotopic (exact) mass is 277 g/mol. The molecule has 0 heterocycles. The van der Waals surface area contributed by atoms with Crippen LogP contribution in [0, 0.1) is 5.82 Å². The van der Waals surface area contributed by atoms with Gasteiger partial charge in [0.2, 0.25) is 0 Å². The summed E-state index contributed by atoms with van der Waals surface area (Å²) >= 11 is 5.81. The molecule has 1 N–H and O–H groups in total. The Balaban J connectivity index is 1.88. The summed E-state index contributed by atoms with van der Waals surface area (Å²) in [5.41, 5.74) is 3.41. The molecular formula is C16H17ClFN. The molecule has 0 saturated carbocycles. The topological polar surface area (TPSA) is 12.0 Å². The zero-order valence-electron chi connectivity index (χ0n) is 10.9. The van der Waals surface area contributed by atoms with E-state index in [4.69, 9.17) is 11.6 Å². The minimum atomic E-state index is -0.295. The molecule has 0 unspecified atom stereocenters. The Bertz CT molecular complexity index is 517. The van der Waals surface area contributed by atoms with Gasteiger partial charge >= 0.3 is 0 Å². The third-order valence-electron chi connectivity index (χ3n) is 3.01. The highest BCUT2D eigenvalue weighted by molar-refractivity contribution is 6.30. The molecule has 2 aromatic rings. The van der Waals surface area contributed by atoms with Gasteiger partial charge in [-0.3, -0.25) is 0 Å². The van der Waals surface area contributed by atoms with Crippen LogP contribution in [0.2, 0.25) is 5.02 Å². The van der Waals surface area contributed by atoms with Crippen molar-refractivity contribution in [2.24, 2.45) is 0 Å². The van der Waals surface area contributed by atoms with E-state index in [0.29, 0.717) is 11.6 Å². The average Bonchev–Trinajstić information content (AvgIpc) is 2.38. The van der Waals surface area contributed by atoms with Gasteiger partial charge in [-0.25, -0.2) is 4.39 Å². The van der Waals surface area contributed by atoms with Crippen LogP contribution in [0.4, 0.5) is 4.39 Å². The summed E-state index contributed by atoms with van der Waals surface area (Å²) < 4.78 is 13.1. The lowest BCUT2D eigenvalue weighted by Gasteiger charge is -2.06. The van der Waals surface area contributed by atoms with E-state index in [1.165, 1.54) is 23.3 Å². The second kappa shape index (κ2) is 6.69. The molecule has 0 saturated heterocycles. The predicted octanol–water partition coefficient (Wildman–Crippen LogP) is 4.33. The van der Waals surface area contributed by atoms with E-state index in [1.807, 2.05) is 0 Å².